The van der Waals surface area contributed by atoms with Gasteiger partial charge in [0.05, 0.1) is 13.2 Å². The Bertz CT molecular complexity index is 625. The lowest BCUT2D eigenvalue weighted by atomic mass is 9.74. The molecule has 0 radical (unpaired) electrons. The molecule has 4 heteroatoms. The highest BCUT2D eigenvalue weighted by molar-refractivity contribution is 5.76. The molecule has 1 saturated heterocycles. The molecular formula is C15H17NO3. The van der Waals surface area contributed by atoms with Crippen molar-refractivity contribution in [1.82, 2.24) is 4.98 Å². The van der Waals surface area contributed by atoms with Gasteiger partial charge in [-0.3, -0.25) is 0 Å². The zero-order valence-electron chi connectivity index (χ0n) is 11.2. The van der Waals surface area contributed by atoms with Crippen LogP contribution in [-0.4, -0.2) is 24.0 Å². The average Bonchev–Trinajstić information content (AvgIpc) is 2.66. The summed E-state index contributed by atoms with van der Waals surface area (Å²) in [7, 11) is 0. The van der Waals surface area contributed by atoms with Crippen LogP contribution in [0.2, 0.25) is 0 Å². The number of aryl methyl sites for hydroxylation is 1. The van der Waals surface area contributed by atoms with Crippen LogP contribution in [0.25, 0.3) is 11.1 Å². The van der Waals surface area contributed by atoms with Crippen LogP contribution in [-0.2, 0) is 14.9 Å². The van der Waals surface area contributed by atoms with E-state index in [4.69, 9.17) is 9.15 Å². The van der Waals surface area contributed by atoms with E-state index in [1.807, 2.05) is 13.0 Å². The van der Waals surface area contributed by atoms with Crippen molar-refractivity contribution in [3.05, 3.63) is 29.7 Å². The Labute approximate surface area is 111 Å². The van der Waals surface area contributed by atoms with Gasteiger partial charge < -0.3 is 13.9 Å². The van der Waals surface area contributed by atoms with Gasteiger partial charge in [-0.25, -0.2) is 4.98 Å². The molecule has 0 spiro atoms. The molecule has 0 unspecified atom stereocenters. The lowest BCUT2D eigenvalue weighted by molar-refractivity contribution is -0.119. The Morgan fingerprint density at radius 1 is 1.42 bits per heavy atom. The van der Waals surface area contributed by atoms with Crippen LogP contribution in [0.5, 0.6) is 0 Å². The zero-order chi connectivity index (χ0) is 13.5. The molecule has 0 saturated carbocycles. The fourth-order valence-electron chi connectivity index (χ4n) is 2.59. The van der Waals surface area contributed by atoms with E-state index >= 15 is 0 Å². The number of nitrogens with zero attached hydrogens (tertiary/aromatic N) is 1. The Morgan fingerprint density at radius 3 is 2.84 bits per heavy atom. The molecule has 100 valence electrons. The topological polar surface area (TPSA) is 52.3 Å². The maximum absolute atomic E-state index is 11.2. The van der Waals surface area contributed by atoms with Gasteiger partial charge in [0, 0.05) is 18.8 Å². The maximum Gasteiger partial charge on any atom is 0.192 e. The van der Waals surface area contributed by atoms with Gasteiger partial charge in [0.1, 0.15) is 11.3 Å². The van der Waals surface area contributed by atoms with Crippen LogP contribution in [0, 0.1) is 6.92 Å². The van der Waals surface area contributed by atoms with Crippen molar-refractivity contribution in [2.24, 2.45) is 0 Å². The largest absolute Gasteiger partial charge is 0.441 e. The second-order valence-electron chi connectivity index (χ2n) is 5.39. The van der Waals surface area contributed by atoms with E-state index < -0.39 is 0 Å². The lowest BCUT2D eigenvalue weighted by Gasteiger charge is -2.42. The highest BCUT2D eigenvalue weighted by Gasteiger charge is 2.40. The summed E-state index contributed by atoms with van der Waals surface area (Å²) in [4.78, 5) is 15.6. The second kappa shape index (κ2) is 4.46. The molecule has 0 atom stereocenters. The van der Waals surface area contributed by atoms with Gasteiger partial charge in [0.25, 0.3) is 0 Å². The minimum Gasteiger partial charge on any atom is -0.441 e. The number of Topliss-reactive ketones (excluding diaryl/α,β-unsaturated/α-hetero) is 1. The van der Waals surface area contributed by atoms with Gasteiger partial charge >= 0.3 is 0 Å². The summed E-state index contributed by atoms with van der Waals surface area (Å²) in [5, 5.41) is 0. The highest BCUT2D eigenvalue weighted by Crippen LogP contribution is 2.38. The quantitative estimate of drug-likeness (QED) is 0.847. The molecule has 19 heavy (non-hydrogen) atoms. The number of rotatable bonds is 4. The molecule has 0 amide bonds. The minimum absolute atomic E-state index is 0.0211. The molecule has 2 aromatic rings. The summed E-state index contributed by atoms with van der Waals surface area (Å²) >= 11 is 0. The number of aromatic nitrogens is 1. The first-order valence-corrected chi connectivity index (χ1v) is 6.54. The molecular weight excluding hydrogens is 242 g/mol. The summed E-state index contributed by atoms with van der Waals surface area (Å²) in [5.41, 5.74) is 2.86. The van der Waals surface area contributed by atoms with E-state index in [2.05, 4.69) is 17.1 Å². The van der Waals surface area contributed by atoms with Crippen molar-refractivity contribution in [2.75, 3.05) is 13.2 Å². The van der Waals surface area contributed by atoms with E-state index in [-0.39, 0.29) is 11.2 Å². The van der Waals surface area contributed by atoms with Gasteiger partial charge in [-0.1, -0.05) is 6.07 Å². The molecule has 1 aromatic carbocycles. The average molecular weight is 259 g/mol. The molecule has 4 nitrogen and oxygen atoms in total. The van der Waals surface area contributed by atoms with Crippen LogP contribution < -0.4 is 0 Å². The molecule has 3 rings (SSSR count). The van der Waals surface area contributed by atoms with Crippen molar-refractivity contribution in [1.29, 1.82) is 0 Å². The van der Waals surface area contributed by atoms with Gasteiger partial charge in [0.15, 0.2) is 11.5 Å². The number of carbonyl (C=O) groups is 1. The van der Waals surface area contributed by atoms with Crippen molar-refractivity contribution in [3.63, 3.8) is 0 Å². The number of oxazole rings is 1. The molecule has 1 aliphatic heterocycles. The third kappa shape index (κ3) is 2.16. The number of fused-ring (bicyclic) bond motifs is 1. The van der Waals surface area contributed by atoms with E-state index in [0.29, 0.717) is 25.5 Å². The van der Waals surface area contributed by atoms with Crippen LogP contribution in [0.4, 0.5) is 0 Å². The molecule has 0 bridgehead atoms. The highest BCUT2D eigenvalue weighted by atomic mass is 16.5. The number of hydrogen-bond donors (Lipinski definition) is 0. The zero-order valence-corrected chi connectivity index (χ0v) is 11.2. The van der Waals surface area contributed by atoms with Gasteiger partial charge in [-0.15, -0.1) is 0 Å². The fourth-order valence-corrected chi connectivity index (χ4v) is 2.59. The lowest BCUT2D eigenvalue weighted by Crippen LogP contribution is -2.46. The second-order valence-corrected chi connectivity index (χ2v) is 5.39. The SMILES string of the molecule is CC(=O)CCC1(c2ccc3oc(C)nc3c2)COC1. The summed E-state index contributed by atoms with van der Waals surface area (Å²) in [5.74, 6) is 0.902. The Balaban J connectivity index is 1.94. The van der Waals surface area contributed by atoms with Crippen molar-refractivity contribution in [3.8, 4) is 0 Å². The summed E-state index contributed by atoms with van der Waals surface area (Å²) in [6, 6.07) is 6.09. The van der Waals surface area contributed by atoms with Crippen molar-refractivity contribution in [2.45, 2.75) is 32.1 Å². The van der Waals surface area contributed by atoms with Gasteiger partial charge in [-0.2, -0.15) is 0 Å². The number of ether oxygens (including phenoxy) is 1. The molecule has 1 aromatic heterocycles. The van der Waals surface area contributed by atoms with E-state index in [0.717, 1.165) is 17.5 Å². The monoisotopic (exact) mass is 259 g/mol. The summed E-state index contributed by atoms with van der Waals surface area (Å²) in [6.45, 7) is 4.85. The van der Waals surface area contributed by atoms with E-state index in [1.54, 1.807) is 6.92 Å². The van der Waals surface area contributed by atoms with Crippen molar-refractivity contribution >= 4 is 16.9 Å². The molecule has 0 aliphatic carbocycles. The number of ketones is 1. The van der Waals surface area contributed by atoms with Crippen LogP contribution in [0.15, 0.2) is 22.6 Å². The Hall–Kier alpha value is -1.68. The molecule has 2 heterocycles. The smallest absolute Gasteiger partial charge is 0.192 e. The first kappa shape index (κ1) is 12.4. The minimum atomic E-state index is -0.0211. The first-order chi connectivity index (χ1) is 9.09. The van der Waals surface area contributed by atoms with Crippen LogP contribution in [0.1, 0.15) is 31.2 Å². The number of carbonyl (C=O) groups excluding carboxylic acids is 1. The van der Waals surface area contributed by atoms with Crippen LogP contribution in [0.3, 0.4) is 0 Å². The predicted molar refractivity (Wildman–Crippen MR) is 71.2 cm³/mol. The first-order valence-electron chi connectivity index (χ1n) is 6.54. The Kier molecular flexibility index (Phi) is 2.90. The standard InChI is InChI=1S/C15H17NO3/c1-10(17)5-6-15(8-18-9-15)12-3-4-14-13(7-12)16-11(2)19-14/h3-4,7H,5-6,8-9H2,1-2H3. The fraction of sp³-hybridized carbons (Fsp3) is 0.467. The van der Waals surface area contributed by atoms with Crippen molar-refractivity contribution < 1.29 is 13.9 Å². The number of benzene rings is 1. The molecule has 1 fully saturated rings. The third-order valence-electron chi connectivity index (χ3n) is 3.82. The van der Waals surface area contributed by atoms with E-state index in [1.165, 1.54) is 5.56 Å². The summed E-state index contributed by atoms with van der Waals surface area (Å²) in [6.07, 6.45) is 1.43. The normalized spacial score (nSPS) is 17.4. The predicted octanol–water partition coefficient (Wildman–Crippen LogP) is 2.77. The third-order valence-corrected chi connectivity index (χ3v) is 3.82. The Morgan fingerprint density at radius 2 is 2.21 bits per heavy atom. The van der Waals surface area contributed by atoms with Gasteiger partial charge in [-0.05, 0) is 31.0 Å². The summed E-state index contributed by atoms with van der Waals surface area (Å²) < 4.78 is 10.9. The number of hydrogen-bond acceptors (Lipinski definition) is 4. The van der Waals surface area contributed by atoms with Gasteiger partial charge in [0.2, 0.25) is 0 Å². The molecule has 0 N–H and O–H groups in total. The molecule has 1 aliphatic rings. The van der Waals surface area contributed by atoms with Crippen LogP contribution >= 0.6 is 0 Å². The van der Waals surface area contributed by atoms with E-state index in [9.17, 15) is 4.79 Å². The maximum atomic E-state index is 11.2.